The summed E-state index contributed by atoms with van der Waals surface area (Å²) in [6, 6.07) is 14.0. The van der Waals surface area contributed by atoms with Gasteiger partial charge >= 0.3 is 6.03 Å². The minimum Gasteiger partial charge on any atom is -0.395 e. The molecule has 3 heterocycles. The highest BCUT2D eigenvalue weighted by Crippen LogP contribution is 2.33. The highest BCUT2D eigenvalue weighted by Gasteiger charge is 2.26. The van der Waals surface area contributed by atoms with Crippen molar-refractivity contribution in [3.8, 4) is 0 Å². The predicted octanol–water partition coefficient (Wildman–Crippen LogP) is 3.20. The predicted molar refractivity (Wildman–Crippen MR) is 144 cm³/mol. The summed E-state index contributed by atoms with van der Waals surface area (Å²) in [5.74, 6) is 0.305. The molecule has 9 nitrogen and oxygen atoms in total. The quantitative estimate of drug-likeness (QED) is 0.489. The van der Waals surface area contributed by atoms with E-state index in [0.717, 1.165) is 67.0 Å². The number of rotatable bonds is 6. The largest absolute Gasteiger partial charge is 0.395 e. The molecule has 190 valence electrons. The average Bonchev–Trinajstić information content (AvgIpc) is 2.92. The Labute approximate surface area is 212 Å². The molecule has 2 aromatic carbocycles. The number of benzene rings is 2. The van der Waals surface area contributed by atoms with E-state index in [1.807, 2.05) is 29.2 Å². The Morgan fingerprint density at radius 2 is 1.69 bits per heavy atom. The van der Waals surface area contributed by atoms with Crippen molar-refractivity contribution in [3.05, 3.63) is 54.5 Å². The fourth-order valence-corrected chi connectivity index (χ4v) is 5.08. The zero-order chi connectivity index (χ0) is 24.9. The van der Waals surface area contributed by atoms with Gasteiger partial charge in [-0.2, -0.15) is 0 Å². The first kappa shape index (κ1) is 24.3. The number of hydrogen-bond donors (Lipinski definition) is 3. The van der Waals surface area contributed by atoms with Crippen LogP contribution in [0.4, 0.5) is 21.9 Å². The highest BCUT2D eigenvalue weighted by molar-refractivity contribution is 5.89. The van der Waals surface area contributed by atoms with Crippen LogP contribution in [0.25, 0.3) is 10.9 Å². The molecule has 1 aromatic heterocycles. The van der Waals surface area contributed by atoms with Crippen LogP contribution in [-0.4, -0.2) is 90.4 Å². The van der Waals surface area contributed by atoms with Crippen molar-refractivity contribution < 1.29 is 9.90 Å². The lowest BCUT2D eigenvalue weighted by atomic mass is 9.91. The maximum absolute atomic E-state index is 12.9. The van der Waals surface area contributed by atoms with Gasteiger partial charge in [-0.05, 0) is 62.4 Å². The van der Waals surface area contributed by atoms with Gasteiger partial charge in [0.25, 0.3) is 0 Å². The second-order valence-corrected chi connectivity index (χ2v) is 9.67. The van der Waals surface area contributed by atoms with E-state index in [0.29, 0.717) is 25.6 Å². The molecule has 2 saturated heterocycles. The van der Waals surface area contributed by atoms with Crippen LogP contribution in [0.1, 0.15) is 24.5 Å². The molecule has 3 aromatic rings. The Balaban J connectivity index is 1.22. The van der Waals surface area contributed by atoms with Gasteiger partial charge in [-0.15, -0.1) is 0 Å². The van der Waals surface area contributed by atoms with Crippen molar-refractivity contribution in [2.24, 2.45) is 0 Å². The zero-order valence-electron chi connectivity index (χ0n) is 20.9. The van der Waals surface area contributed by atoms with Crippen molar-refractivity contribution in [1.82, 2.24) is 19.8 Å². The molecule has 0 spiro atoms. The topological polar surface area (TPSA) is 96.9 Å². The van der Waals surface area contributed by atoms with Gasteiger partial charge in [-0.1, -0.05) is 0 Å². The van der Waals surface area contributed by atoms with Crippen LogP contribution in [0.5, 0.6) is 0 Å². The Bertz CT molecular complexity index is 1170. The first-order valence-electron chi connectivity index (χ1n) is 12.8. The summed E-state index contributed by atoms with van der Waals surface area (Å²) in [4.78, 5) is 28.8. The number of likely N-dealkylation sites (N-methyl/N-ethyl adjacent to an activating group) is 1. The van der Waals surface area contributed by atoms with E-state index in [-0.39, 0.29) is 12.6 Å². The number of nitrogens with one attached hydrogen (secondary N) is 2. The third-order valence-electron chi connectivity index (χ3n) is 7.26. The number of aliphatic hydroxyl groups excluding tert-OH is 1. The summed E-state index contributed by atoms with van der Waals surface area (Å²) in [5.41, 5.74) is 4.99. The third-order valence-corrected chi connectivity index (χ3v) is 7.26. The maximum Gasteiger partial charge on any atom is 0.321 e. The minimum atomic E-state index is -0.0746. The molecule has 36 heavy (non-hydrogen) atoms. The summed E-state index contributed by atoms with van der Waals surface area (Å²) in [6.07, 6.45) is 3.43. The fourth-order valence-electron chi connectivity index (χ4n) is 5.08. The number of piperazine rings is 1. The number of piperidine rings is 1. The summed E-state index contributed by atoms with van der Waals surface area (Å²) >= 11 is 0. The van der Waals surface area contributed by atoms with Crippen LogP contribution in [0.15, 0.2) is 48.8 Å². The third kappa shape index (κ3) is 5.52. The molecular weight excluding hydrogens is 454 g/mol. The number of likely N-dealkylation sites (tertiary alicyclic amines) is 1. The molecule has 0 radical (unpaired) electrons. The molecule has 0 bridgehead atoms. The van der Waals surface area contributed by atoms with Gasteiger partial charge in [0.2, 0.25) is 0 Å². The van der Waals surface area contributed by atoms with Crippen LogP contribution in [0.3, 0.4) is 0 Å². The number of aromatic nitrogens is 2. The van der Waals surface area contributed by atoms with Crippen LogP contribution in [0, 0.1) is 0 Å². The number of hydrogen-bond acceptors (Lipinski definition) is 7. The molecule has 9 heteroatoms. The van der Waals surface area contributed by atoms with Crippen molar-refractivity contribution in [2.75, 3.05) is 75.0 Å². The van der Waals surface area contributed by atoms with Gasteiger partial charge in [0, 0.05) is 74.2 Å². The molecule has 2 aliphatic rings. The Morgan fingerprint density at radius 3 is 2.42 bits per heavy atom. The van der Waals surface area contributed by atoms with Gasteiger partial charge in [0.1, 0.15) is 6.33 Å². The first-order chi connectivity index (χ1) is 17.6. The van der Waals surface area contributed by atoms with E-state index in [9.17, 15) is 4.79 Å². The number of aliphatic hydroxyl groups is 1. The van der Waals surface area contributed by atoms with Crippen molar-refractivity contribution >= 4 is 34.0 Å². The number of anilines is 3. The molecule has 3 N–H and O–H groups in total. The maximum atomic E-state index is 12.9. The summed E-state index contributed by atoms with van der Waals surface area (Å²) in [7, 11) is 2.17. The normalized spacial score (nSPS) is 17.4. The van der Waals surface area contributed by atoms with Gasteiger partial charge in [-0.3, -0.25) is 0 Å². The molecule has 0 aliphatic carbocycles. The standard InChI is InChI=1S/C27H35N7O2/c1-32-13-15-33(16-14-32)23-6-7-25-24(18-23)26(30-19-29-25)20-8-11-34(12-9-20)27(36)31-22-4-2-21(3-5-22)28-10-17-35/h2-7,18-20,28,35H,8-17H2,1H3,(H,31,36). The number of urea groups is 1. The van der Waals surface area contributed by atoms with Crippen LogP contribution >= 0.6 is 0 Å². The Kier molecular flexibility index (Phi) is 7.48. The number of nitrogens with zero attached hydrogens (tertiary/aromatic N) is 5. The number of carbonyl (C=O) groups is 1. The average molecular weight is 490 g/mol. The van der Waals surface area contributed by atoms with E-state index >= 15 is 0 Å². The summed E-state index contributed by atoms with van der Waals surface area (Å²) < 4.78 is 0. The van der Waals surface area contributed by atoms with E-state index in [4.69, 9.17) is 10.1 Å². The van der Waals surface area contributed by atoms with Gasteiger partial charge < -0.3 is 30.4 Å². The lowest BCUT2D eigenvalue weighted by molar-refractivity contribution is 0.194. The monoisotopic (exact) mass is 489 g/mol. The van der Waals surface area contributed by atoms with E-state index < -0.39 is 0 Å². The summed E-state index contributed by atoms with van der Waals surface area (Å²) in [6.45, 7) is 6.16. The fraction of sp³-hybridized carbons (Fsp3) is 0.444. The molecule has 2 aliphatic heterocycles. The minimum absolute atomic E-state index is 0.0746. The molecule has 5 rings (SSSR count). The SMILES string of the molecule is CN1CCN(c2ccc3ncnc(C4CCN(C(=O)Nc5ccc(NCCO)cc5)CC4)c3c2)CC1. The van der Waals surface area contributed by atoms with Crippen molar-refractivity contribution in [3.63, 3.8) is 0 Å². The molecule has 2 fully saturated rings. The molecule has 0 saturated carbocycles. The van der Waals surface area contributed by atoms with E-state index in [1.54, 1.807) is 6.33 Å². The zero-order valence-corrected chi connectivity index (χ0v) is 20.9. The second-order valence-electron chi connectivity index (χ2n) is 9.67. The second kappa shape index (κ2) is 11.1. The van der Waals surface area contributed by atoms with E-state index in [2.05, 4.69) is 50.7 Å². The van der Waals surface area contributed by atoms with Gasteiger partial charge in [0.05, 0.1) is 17.8 Å². The lowest BCUT2D eigenvalue weighted by Gasteiger charge is -2.34. The van der Waals surface area contributed by atoms with Crippen molar-refractivity contribution in [1.29, 1.82) is 0 Å². The first-order valence-corrected chi connectivity index (χ1v) is 12.8. The highest BCUT2D eigenvalue weighted by atomic mass is 16.3. The van der Waals surface area contributed by atoms with Crippen LogP contribution < -0.4 is 15.5 Å². The van der Waals surface area contributed by atoms with Crippen molar-refractivity contribution in [2.45, 2.75) is 18.8 Å². The number of fused-ring (bicyclic) bond motifs is 1. The van der Waals surface area contributed by atoms with Crippen LogP contribution in [-0.2, 0) is 0 Å². The number of amides is 2. The summed E-state index contributed by atoms with van der Waals surface area (Å²) in [5, 5.41) is 16.2. The van der Waals surface area contributed by atoms with Gasteiger partial charge in [0.15, 0.2) is 0 Å². The van der Waals surface area contributed by atoms with E-state index in [1.165, 1.54) is 5.69 Å². The molecule has 0 atom stereocenters. The molecule has 0 unspecified atom stereocenters. The Morgan fingerprint density at radius 1 is 0.972 bits per heavy atom. The molecule has 2 amide bonds. The lowest BCUT2D eigenvalue weighted by Crippen LogP contribution is -2.44. The molecular formula is C27H35N7O2. The number of carbonyl (C=O) groups excluding carboxylic acids is 1. The van der Waals surface area contributed by atoms with Gasteiger partial charge in [-0.25, -0.2) is 14.8 Å². The Hall–Kier alpha value is -3.43. The van der Waals surface area contributed by atoms with Crippen LogP contribution in [0.2, 0.25) is 0 Å². The smallest absolute Gasteiger partial charge is 0.321 e.